The molecule has 220 valence electrons. The van der Waals surface area contributed by atoms with Gasteiger partial charge >= 0.3 is 0 Å². The summed E-state index contributed by atoms with van der Waals surface area (Å²) in [6.07, 6.45) is 0.277. The third kappa shape index (κ3) is 5.39. The van der Waals surface area contributed by atoms with Crippen molar-refractivity contribution in [2.75, 3.05) is 0 Å². The Labute approximate surface area is 234 Å². The maximum atomic E-state index is 14.0. The van der Waals surface area contributed by atoms with Crippen LogP contribution in [0.1, 0.15) is 77.3 Å². The van der Waals surface area contributed by atoms with Crippen molar-refractivity contribution in [2.45, 2.75) is 63.3 Å². The Kier molecular flexibility index (Phi) is 7.06. The summed E-state index contributed by atoms with van der Waals surface area (Å²) in [5.74, 6) is -5.25. The fraction of sp³-hybridized carbons (Fsp3) is 0.423. The zero-order valence-corrected chi connectivity index (χ0v) is 22.1. The summed E-state index contributed by atoms with van der Waals surface area (Å²) in [6.45, 7) is 1.54. The Balaban J connectivity index is 1.37. The van der Waals surface area contributed by atoms with Crippen LogP contribution in [0.3, 0.4) is 0 Å². The molecule has 1 unspecified atom stereocenters. The first-order valence-corrected chi connectivity index (χ1v) is 13.2. The Morgan fingerprint density at radius 3 is 2.64 bits per heavy atom. The van der Waals surface area contributed by atoms with Gasteiger partial charge in [-0.25, -0.2) is 36.1 Å². The maximum Gasteiger partial charge on any atom is 0.276 e. The van der Waals surface area contributed by atoms with Crippen LogP contribution >= 0.6 is 0 Å². The van der Waals surface area contributed by atoms with E-state index in [1.54, 1.807) is 19.2 Å². The van der Waals surface area contributed by atoms with Crippen LogP contribution in [0.5, 0.6) is 0 Å². The number of carbonyl (C=O) groups excluding carboxylic acids is 1. The first-order chi connectivity index (χ1) is 20.1. The van der Waals surface area contributed by atoms with Crippen LogP contribution in [0.25, 0.3) is 11.3 Å². The van der Waals surface area contributed by atoms with Gasteiger partial charge in [0, 0.05) is 25.5 Å². The topological polar surface area (TPSA) is 128 Å². The van der Waals surface area contributed by atoms with Crippen molar-refractivity contribution in [1.29, 1.82) is 0 Å². The van der Waals surface area contributed by atoms with E-state index in [1.807, 2.05) is 0 Å². The molecule has 0 aliphatic heterocycles. The smallest absolute Gasteiger partial charge is 0.276 e. The number of nitrogens with one attached hydrogen (secondary N) is 1. The van der Waals surface area contributed by atoms with Gasteiger partial charge in [-0.3, -0.25) is 9.20 Å². The SMILES string of the molecule is Cc1nonc1C(=O)N[C@H](c1cn2ncc(C(CC(F)F)c3nnc4ccc(F)cn34)cc2n1)C1CCC(F)(F)CC1. The minimum Gasteiger partial charge on any atom is -0.342 e. The lowest BCUT2D eigenvalue weighted by Crippen LogP contribution is -2.37. The Bertz CT molecular complexity index is 1740. The van der Waals surface area contributed by atoms with E-state index < -0.39 is 42.5 Å². The molecule has 0 bridgehead atoms. The number of nitrogens with zero attached hydrogens (tertiary/aromatic N) is 8. The number of hydrogen-bond donors (Lipinski definition) is 1. The molecule has 1 fully saturated rings. The van der Waals surface area contributed by atoms with Crippen molar-refractivity contribution >= 4 is 17.2 Å². The number of aryl methyl sites for hydroxylation is 1. The largest absolute Gasteiger partial charge is 0.342 e. The summed E-state index contributed by atoms with van der Waals surface area (Å²) >= 11 is 0. The molecule has 1 N–H and O–H groups in total. The van der Waals surface area contributed by atoms with Crippen molar-refractivity contribution in [1.82, 2.24) is 44.8 Å². The fourth-order valence-corrected chi connectivity index (χ4v) is 5.42. The van der Waals surface area contributed by atoms with Crippen molar-refractivity contribution in [3.8, 4) is 0 Å². The molecule has 11 nitrogen and oxygen atoms in total. The van der Waals surface area contributed by atoms with Gasteiger partial charge in [0.15, 0.2) is 17.0 Å². The number of amides is 1. The van der Waals surface area contributed by atoms with Crippen LogP contribution in [0.4, 0.5) is 22.0 Å². The van der Waals surface area contributed by atoms with Gasteiger partial charge < -0.3 is 5.32 Å². The molecule has 1 aliphatic carbocycles. The molecule has 1 aliphatic rings. The number of aromatic nitrogens is 8. The molecule has 5 heterocycles. The minimum atomic E-state index is -2.79. The molecule has 6 rings (SSSR count). The first-order valence-electron chi connectivity index (χ1n) is 13.2. The number of rotatable bonds is 8. The van der Waals surface area contributed by atoms with Gasteiger partial charge in [0.2, 0.25) is 12.3 Å². The Morgan fingerprint density at radius 1 is 1.14 bits per heavy atom. The Hall–Kier alpha value is -4.50. The number of halogens is 5. The second-order valence-corrected chi connectivity index (χ2v) is 10.4. The molecule has 42 heavy (non-hydrogen) atoms. The van der Waals surface area contributed by atoms with Crippen LogP contribution in [-0.4, -0.2) is 57.8 Å². The van der Waals surface area contributed by atoms with Gasteiger partial charge in [0.25, 0.3) is 5.91 Å². The van der Waals surface area contributed by atoms with Gasteiger partial charge in [-0.05, 0) is 54.6 Å². The monoisotopic (exact) mass is 589 g/mol. The number of pyridine rings is 1. The van der Waals surface area contributed by atoms with E-state index >= 15 is 0 Å². The van der Waals surface area contributed by atoms with Gasteiger partial charge in [0.05, 0.1) is 30.0 Å². The Morgan fingerprint density at radius 2 is 1.93 bits per heavy atom. The van der Waals surface area contributed by atoms with Crippen molar-refractivity contribution in [3.05, 3.63) is 71.1 Å². The van der Waals surface area contributed by atoms with Crippen LogP contribution in [0, 0.1) is 18.7 Å². The first kappa shape index (κ1) is 27.7. The summed E-state index contributed by atoms with van der Waals surface area (Å²) in [6, 6.07) is 3.34. The number of imidazole rings is 1. The summed E-state index contributed by atoms with van der Waals surface area (Å²) in [5.41, 5.74) is 1.45. The lowest BCUT2D eigenvalue weighted by atomic mass is 9.81. The van der Waals surface area contributed by atoms with Gasteiger partial charge in [0.1, 0.15) is 17.3 Å². The normalized spacial score (nSPS) is 17.2. The third-order valence-corrected chi connectivity index (χ3v) is 7.59. The number of fused-ring (bicyclic) bond motifs is 2. The van der Waals surface area contributed by atoms with E-state index in [-0.39, 0.29) is 60.1 Å². The molecule has 2 atom stereocenters. The van der Waals surface area contributed by atoms with E-state index in [0.717, 1.165) is 6.20 Å². The zero-order chi connectivity index (χ0) is 29.6. The molecular weight excluding hydrogens is 565 g/mol. The summed E-state index contributed by atoms with van der Waals surface area (Å²) < 4.78 is 76.7. The van der Waals surface area contributed by atoms with E-state index in [1.165, 1.54) is 27.2 Å². The fourth-order valence-electron chi connectivity index (χ4n) is 5.42. The molecule has 0 aromatic carbocycles. The average Bonchev–Trinajstić information content (AvgIpc) is 3.68. The second kappa shape index (κ2) is 10.7. The zero-order valence-electron chi connectivity index (χ0n) is 22.1. The third-order valence-electron chi connectivity index (χ3n) is 7.59. The summed E-state index contributed by atoms with van der Waals surface area (Å²) in [5, 5.41) is 22.4. The molecule has 0 saturated heterocycles. The van der Waals surface area contributed by atoms with E-state index in [4.69, 9.17) is 0 Å². The van der Waals surface area contributed by atoms with Crippen LogP contribution in [-0.2, 0) is 0 Å². The minimum absolute atomic E-state index is 0.0443. The van der Waals surface area contributed by atoms with E-state index in [2.05, 4.69) is 40.5 Å². The lowest BCUT2D eigenvalue weighted by molar-refractivity contribution is -0.0495. The molecular formula is C26H24F5N9O2. The van der Waals surface area contributed by atoms with Crippen LogP contribution < -0.4 is 5.32 Å². The molecule has 5 aromatic rings. The van der Waals surface area contributed by atoms with Crippen LogP contribution in [0.15, 0.2) is 41.4 Å². The van der Waals surface area contributed by atoms with Crippen molar-refractivity contribution in [3.63, 3.8) is 0 Å². The highest BCUT2D eigenvalue weighted by Gasteiger charge is 2.40. The second-order valence-electron chi connectivity index (χ2n) is 10.4. The predicted molar refractivity (Wildman–Crippen MR) is 135 cm³/mol. The molecule has 5 aromatic heterocycles. The highest BCUT2D eigenvalue weighted by molar-refractivity contribution is 5.93. The molecule has 1 amide bonds. The van der Waals surface area contributed by atoms with Crippen molar-refractivity contribution < 1.29 is 31.4 Å². The predicted octanol–water partition coefficient (Wildman–Crippen LogP) is 4.69. The quantitative estimate of drug-likeness (QED) is 0.258. The maximum absolute atomic E-state index is 14.0. The lowest BCUT2D eigenvalue weighted by Gasteiger charge is -2.33. The van der Waals surface area contributed by atoms with Gasteiger partial charge in [-0.1, -0.05) is 5.16 Å². The molecule has 0 radical (unpaired) electrons. The summed E-state index contributed by atoms with van der Waals surface area (Å²) in [7, 11) is 0. The van der Waals surface area contributed by atoms with E-state index in [9.17, 15) is 26.7 Å². The standard InChI is InChI=1S/C26H24F5N9O2/c1-13-22(38-42-37-13)25(41)34-23(14-4-6-26(30,31)7-5-14)18-12-40-21(33-18)8-15(10-32-40)17(9-19(28)29)24-36-35-20-3-2-16(27)11-39(20)24/h2-3,8,10-12,14,17,19,23H,4-7,9H2,1H3,(H,34,41)/t17?,23-/m0/s1. The molecule has 1 saturated carbocycles. The van der Waals surface area contributed by atoms with Crippen molar-refractivity contribution in [2.24, 2.45) is 5.92 Å². The van der Waals surface area contributed by atoms with E-state index in [0.29, 0.717) is 11.3 Å². The average molecular weight is 590 g/mol. The van der Waals surface area contributed by atoms with Gasteiger partial charge in [-0.2, -0.15) is 5.10 Å². The van der Waals surface area contributed by atoms with Crippen LogP contribution in [0.2, 0.25) is 0 Å². The summed E-state index contributed by atoms with van der Waals surface area (Å²) in [4.78, 5) is 17.6. The number of carbonyl (C=O) groups is 1. The number of alkyl halides is 4. The number of hydrogen-bond acceptors (Lipinski definition) is 8. The van der Waals surface area contributed by atoms with Gasteiger partial charge in [-0.15, -0.1) is 10.2 Å². The highest BCUT2D eigenvalue weighted by atomic mass is 19.3. The molecule has 16 heteroatoms. The molecule has 0 spiro atoms. The highest BCUT2D eigenvalue weighted by Crippen LogP contribution is 2.41.